The Labute approximate surface area is 194 Å². The predicted octanol–water partition coefficient (Wildman–Crippen LogP) is 1.73. The highest BCUT2D eigenvalue weighted by molar-refractivity contribution is 5.98. The van der Waals surface area contributed by atoms with E-state index in [2.05, 4.69) is 39.7 Å². The fourth-order valence-corrected chi connectivity index (χ4v) is 3.66. The van der Waals surface area contributed by atoms with Crippen molar-refractivity contribution >= 4 is 29.2 Å². The number of aromatic nitrogens is 1. The number of anilines is 2. The number of hydrogen-bond donors (Lipinski definition) is 3. The van der Waals surface area contributed by atoms with Gasteiger partial charge in [0.05, 0.1) is 5.69 Å². The summed E-state index contributed by atoms with van der Waals surface area (Å²) in [6, 6.07) is 10.9. The fourth-order valence-electron chi connectivity index (χ4n) is 3.66. The lowest BCUT2D eigenvalue weighted by Crippen LogP contribution is -2.49. The Morgan fingerprint density at radius 2 is 1.58 bits per heavy atom. The first-order valence-electron chi connectivity index (χ1n) is 11.2. The molecule has 0 bridgehead atoms. The number of nitrogens with one attached hydrogen (secondary N) is 3. The van der Waals surface area contributed by atoms with E-state index in [9.17, 15) is 14.4 Å². The molecule has 1 aromatic heterocycles. The van der Waals surface area contributed by atoms with Crippen molar-refractivity contribution in [1.82, 2.24) is 20.5 Å². The van der Waals surface area contributed by atoms with Crippen molar-refractivity contribution in [3.63, 3.8) is 0 Å². The van der Waals surface area contributed by atoms with Crippen LogP contribution in [0.4, 0.5) is 11.5 Å². The van der Waals surface area contributed by atoms with E-state index in [0.717, 1.165) is 11.5 Å². The van der Waals surface area contributed by atoms with Crippen LogP contribution in [0.3, 0.4) is 0 Å². The lowest BCUT2D eigenvalue weighted by atomic mass is 10.1. The van der Waals surface area contributed by atoms with E-state index in [0.29, 0.717) is 56.4 Å². The summed E-state index contributed by atoms with van der Waals surface area (Å²) in [5.74, 6) is 0.482. The third-order valence-corrected chi connectivity index (χ3v) is 5.28. The highest BCUT2D eigenvalue weighted by Crippen LogP contribution is 2.25. The van der Waals surface area contributed by atoms with E-state index < -0.39 is 0 Å². The number of pyridine rings is 1. The fraction of sp³-hybridized carbons (Fsp3) is 0.417. The molecule has 0 saturated carbocycles. The number of piperazine rings is 1. The molecular weight excluding hydrogens is 420 g/mol. The third kappa shape index (κ3) is 6.68. The van der Waals surface area contributed by atoms with Gasteiger partial charge < -0.3 is 25.8 Å². The summed E-state index contributed by atoms with van der Waals surface area (Å²) in [6.45, 7) is 8.92. The Hall–Kier alpha value is -3.62. The average Bonchev–Trinajstić information content (AvgIpc) is 2.81. The summed E-state index contributed by atoms with van der Waals surface area (Å²) >= 11 is 0. The number of benzene rings is 1. The summed E-state index contributed by atoms with van der Waals surface area (Å²) in [5.41, 5.74) is 2.02. The van der Waals surface area contributed by atoms with Crippen LogP contribution >= 0.6 is 0 Å². The van der Waals surface area contributed by atoms with Crippen molar-refractivity contribution in [2.24, 2.45) is 0 Å². The molecule has 0 spiro atoms. The highest BCUT2D eigenvalue weighted by Gasteiger charge is 2.24. The molecule has 2 heterocycles. The lowest BCUT2D eigenvalue weighted by molar-refractivity contribution is -0.118. The standard InChI is InChI=1S/C24H32N6O3/c1-17(2)28-21-5-4-10-26-22(21)29-13-15-30(16-14-29)24(33)20-8-6-19(7-9-20)23(32)27-12-11-25-18(3)31/h4-10,17,28H,11-16H2,1-3H3,(H,25,31)(H,27,32). The molecule has 9 heteroatoms. The van der Waals surface area contributed by atoms with Crippen LogP contribution in [0.2, 0.25) is 0 Å². The molecular formula is C24H32N6O3. The average molecular weight is 453 g/mol. The van der Waals surface area contributed by atoms with Gasteiger partial charge in [0, 0.05) is 69.6 Å². The molecule has 1 fully saturated rings. The van der Waals surface area contributed by atoms with Crippen molar-refractivity contribution in [3.8, 4) is 0 Å². The number of carbonyl (C=O) groups is 3. The summed E-state index contributed by atoms with van der Waals surface area (Å²) < 4.78 is 0. The molecule has 3 rings (SSSR count). The molecule has 3 amide bonds. The maximum absolute atomic E-state index is 12.9. The predicted molar refractivity (Wildman–Crippen MR) is 129 cm³/mol. The minimum absolute atomic E-state index is 0.0474. The van der Waals surface area contributed by atoms with Crippen molar-refractivity contribution in [2.75, 3.05) is 49.5 Å². The number of rotatable bonds is 8. The normalized spacial score (nSPS) is 13.6. The Balaban J connectivity index is 1.54. The van der Waals surface area contributed by atoms with E-state index in [1.807, 2.05) is 17.0 Å². The van der Waals surface area contributed by atoms with Gasteiger partial charge in [-0.2, -0.15) is 0 Å². The van der Waals surface area contributed by atoms with Gasteiger partial charge in [0.2, 0.25) is 5.91 Å². The van der Waals surface area contributed by atoms with Crippen molar-refractivity contribution in [3.05, 3.63) is 53.7 Å². The highest BCUT2D eigenvalue weighted by atomic mass is 16.2. The van der Waals surface area contributed by atoms with Crippen LogP contribution in [0.1, 0.15) is 41.5 Å². The first-order chi connectivity index (χ1) is 15.8. The Morgan fingerprint density at radius 3 is 2.21 bits per heavy atom. The van der Waals surface area contributed by atoms with Crippen LogP contribution in [0, 0.1) is 0 Å². The zero-order chi connectivity index (χ0) is 23.8. The van der Waals surface area contributed by atoms with E-state index in [4.69, 9.17) is 0 Å². The van der Waals surface area contributed by atoms with E-state index in [1.165, 1.54) is 6.92 Å². The van der Waals surface area contributed by atoms with Crippen LogP contribution in [0.25, 0.3) is 0 Å². The van der Waals surface area contributed by atoms with Gasteiger partial charge in [-0.3, -0.25) is 14.4 Å². The molecule has 2 aromatic rings. The summed E-state index contributed by atoms with van der Waals surface area (Å²) in [7, 11) is 0. The largest absolute Gasteiger partial charge is 0.380 e. The number of amides is 3. The molecule has 1 aliphatic heterocycles. The Kier molecular flexibility index (Phi) is 8.23. The smallest absolute Gasteiger partial charge is 0.253 e. The molecule has 176 valence electrons. The first-order valence-corrected chi connectivity index (χ1v) is 11.2. The first kappa shape index (κ1) is 24.0. The van der Waals surface area contributed by atoms with E-state index in [1.54, 1.807) is 30.5 Å². The summed E-state index contributed by atoms with van der Waals surface area (Å²) in [4.78, 5) is 44.6. The van der Waals surface area contributed by atoms with Crippen LogP contribution in [0.5, 0.6) is 0 Å². The molecule has 1 aliphatic rings. The zero-order valence-corrected chi connectivity index (χ0v) is 19.4. The van der Waals surface area contributed by atoms with Crippen LogP contribution in [0.15, 0.2) is 42.6 Å². The second kappa shape index (κ2) is 11.3. The van der Waals surface area contributed by atoms with Gasteiger partial charge in [0.1, 0.15) is 0 Å². The molecule has 1 saturated heterocycles. The second-order valence-electron chi connectivity index (χ2n) is 8.27. The minimum atomic E-state index is -0.242. The van der Waals surface area contributed by atoms with Crippen LogP contribution in [-0.4, -0.2) is 72.9 Å². The topological polar surface area (TPSA) is 107 Å². The Morgan fingerprint density at radius 1 is 0.939 bits per heavy atom. The van der Waals surface area contributed by atoms with Gasteiger partial charge in [0.25, 0.3) is 11.8 Å². The number of nitrogens with zero attached hydrogens (tertiary/aromatic N) is 3. The van der Waals surface area contributed by atoms with Gasteiger partial charge >= 0.3 is 0 Å². The van der Waals surface area contributed by atoms with Gasteiger partial charge in [0.15, 0.2) is 5.82 Å². The number of carbonyl (C=O) groups excluding carboxylic acids is 3. The van der Waals surface area contributed by atoms with Crippen LogP contribution in [-0.2, 0) is 4.79 Å². The molecule has 0 atom stereocenters. The quantitative estimate of drug-likeness (QED) is 0.527. The van der Waals surface area contributed by atoms with E-state index >= 15 is 0 Å². The van der Waals surface area contributed by atoms with Gasteiger partial charge in [-0.1, -0.05) is 0 Å². The lowest BCUT2D eigenvalue weighted by Gasteiger charge is -2.36. The maximum atomic E-state index is 12.9. The maximum Gasteiger partial charge on any atom is 0.253 e. The number of hydrogen-bond acceptors (Lipinski definition) is 6. The molecule has 1 aromatic carbocycles. The molecule has 3 N–H and O–H groups in total. The summed E-state index contributed by atoms with van der Waals surface area (Å²) in [5, 5.41) is 8.79. The second-order valence-corrected chi connectivity index (χ2v) is 8.27. The molecule has 0 unspecified atom stereocenters. The SMILES string of the molecule is CC(=O)NCCNC(=O)c1ccc(C(=O)N2CCN(c3ncccc3NC(C)C)CC2)cc1. The summed E-state index contributed by atoms with van der Waals surface area (Å²) in [6.07, 6.45) is 1.79. The van der Waals surface area contributed by atoms with Gasteiger partial charge in [-0.15, -0.1) is 0 Å². The molecule has 9 nitrogen and oxygen atoms in total. The minimum Gasteiger partial charge on any atom is -0.380 e. The van der Waals surface area contributed by atoms with Crippen molar-refractivity contribution < 1.29 is 14.4 Å². The zero-order valence-electron chi connectivity index (χ0n) is 19.4. The Bertz CT molecular complexity index is 968. The van der Waals surface area contributed by atoms with Crippen LogP contribution < -0.4 is 20.9 Å². The van der Waals surface area contributed by atoms with Gasteiger partial charge in [-0.05, 0) is 50.2 Å². The molecule has 0 radical (unpaired) electrons. The van der Waals surface area contributed by atoms with Gasteiger partial charge in [-0.25, -0.2) is 4.98 Å². The van der Waals surface area contributed by atoms with Crippen molar-refractivity contribution in [2.45, 2.75) is 26.8 Å². The van der Waals surface area contributed by atoms with Crippen molar-refractivity contribution in [1.29, 1.82) is 0 Å². The van der Waals surface area contributed by atoms with E-state index in [-0.39, 0.29) is 17.7 Å². The molecule has 33 heavy (non-hydrogen) atoms. The third-order valence-electron chi connectivity index (χ3n) is 5.28. The molecule has 0 aliphatic carbocycles. The monoisotopic (exact) mass is 452 g/mol.